The highest BCUT2D eigenvalue weighted by atomic mass is 35.5. The van der Waals surface area contributed by atoms with Gasteiger partial charge in [-0.1, -0.05) is 6.08 Å². The van der Waals surface area contributed by atoms with Crippen LogP contribution in [-0.4, -0.2) is 0 Å². The number of fused-ring (bicyclic) bond motifs is 2. The van der Waals surface area contributed by atoms with Crippen LogP contribution in [0.25, 0.3) is 0 Å². The Labute approximate surface area is 61.7 Å². The Morgan fingerprint density at radius 2 is 2.22 bits per heavy atom. The van der Waals surface area contributed by atoms with Gasteiger partial charge in [-0.25, -0.2) is 0 Å². The lowest BCUT2D eigenvalue weighted by Crippen LogP contribution is -2.05. The zero-order chi connectivity index (χ0) is 5.56. The van der Waals surface area contributed by atoms with Crippen molar-refractivity contribution < 1.29 is 0 Å². The van der Waals surface area contributed by atoms with Crippen molar-refractivity contribution in [1.82, 2.24) is 0 Å². The molecule has 0 aromatic rings. The molecule has 1 fully saturated rings. The van der Waals surface area contributed by atoms with Crippen LogP contribution in [0, 0.1) is 11.8 Å². The van der Waals surface area contributed by atoms with E-state index in [4.69, 9.17) is 5.73 Å². The lowest BCUT2D eigenvalue weighted by atomic mass is 10.1. The molecule has 2 atom stereocenters. The van der Waals surface area contributed by atoms with Crippen molar-refractivity contribution in [3.05, 3.63) is 11.8 Å². The summed E-state index contributed by atoms with van der Waals surface area (Å²) in [5, 5.41) is 0. The molecular weight excluding hydrogens is 134 g/mol. The van der Waals surface area contributed by atoms with Crippen LogP contribution in [0.1, 0.15) is 19.3 Å². The van der Waals surface area contributed by atoms with Crippen molar-refractivity contribution in [1.29, 1.82) is 0 Å². The van der Waals surface area contributed by atoms with E-state index in [1.165, 1.54) is 25.0 Å². The van der Waals surface area contributed by atoms with E-state index in [9.17, 15) is 0 Å². The fourth-order valence-electron chi connectivity index (χ4n) is 1.88. The highest BCUT2D eigenvalue weighted by Gasteiger charge is 2.30. The van der Waals surface area contributed by atoms with Gasteiger partial charge in [0.15, 0.2) is 0 Å². The lowest BCUT2D eigenvalue weighted by Gasteiger charge is -2.05. The molecule has 0 heterocycles. The Balaban J connectivity index is 0.000000405. The summed E-state index contributed by atoms with van der Waals surface area (Å²) < 4.78 is 0. The third-order valence-corrected chi connectivity index (χ3v) is 2.37. The predicted octanol–water partition coefficient (Wildman–Crippen LogP) is 1.68. The second kappa shape index (κ2) is 2.22. The molecule has 0 radical (unpaired) electrons. The van der Waals surface area contributed by atoms with Gasteiger partial charge < -0.3 is 5.73 Å². The number of halogens is 1. The van der Waals surface area contributed by atoms with Gasteiger partial charge in [-0.3, -0.25) is 0 Å². The zero-order valence-electron chi connectivity index (χ0n) is 5.34. The van der Waals surface area contributed by atoms with E-state index in [1.54, 1.807) is 0 Å². The van der Waals surface area contributed by atoms with Crippen LogP contribution in [0.15, 0.2) is 11.8 Å². The minimum Gasteiger partial charge on any atom is -0.402 e. The van der Waals surface area contributed by atoms with Crippen molar-refractivity contribution in [2.45, 2.75) is 19.3 Å². The van der Waals surface area contributed by atoms with Crippen LogP contribution in [0.3, 0.4) is 0 Å². The fourth-order valence-corrected chi connectivity index (χ4v) is 1.88. The van der Waals surface area contributed by atoms with E-state index in [2.05, 4.69) is 6.08 Å². The molecule has 2 aliphatic rings. The topological polar surface area (TPSA) is 26.0 Å². The molecule has 2 aliphatic carbocycles. The van der Waals surface area contributed by atoms with E-state index >= 15 is 0 Å². The van der Waals surface area contributed by atoms with Gasteiger partial charge in [0.1, 0.15) is 0 Å². The predicted molar refractivity (Wildman–Crippen MR) is 40.3 cm³/mol. The van der Waals surface area contributed by atoms with E-state index in [1.807, 2.05) is 0 Å². The summed E-state index contributed by atoms with van der Waals surface area (Å²) in [7, 11) is 0. The number of hydrogen-bond acceptors (Lipinski definition) is 1. The number of rotatable bonds is 0. The van der Waals surface area contributed by atoms with Crippen molar-refractivity contribution in [3.63, 3.8) is 0 Å². The molecule has 0 spiro atoms. The minimum absolute atomic E-state index is 0. The average Bonchev–Trinajstić information content (AvgIpc) is 2.23. The van der Waals surface area contributed by atoms with Gasteiger partial charge in [-0.05, 0) is 31.1 Å². The number of nitrogens with two attached hydrogens (primary N) is 1. The molecule has 2 rings (SSSR count). The van der Waals surface area contributed by atoms with E-state index in [0.29, 0.717) is 0 Å². The molecule has 0 saturated heterocycles. The lowest BCUT2D eigenvalue weighted by molar-refractivity contribution is 0.650. The first-order valence-corrected chi connectivity index (χ1v) is 3.33. The molecular formula is C7H12ClN. The van der Waals surface area contributed by atoms with Crippen LogP contribution in [0.5, 0.6) is 0 Å². The second-order valence-corrected chi connectivity index (χ2v) is 2.94. The first-order valence-electron chi connectivity index (χ1n) is 3.33. The average molecular weight is 146 g/mol. The molecule has 0 amide bonds. The molecule has 52 valence electrons. The number of hydrogen-bond donors (Lipinski definition) is 1. The monoisotopic (exact) mass is 145 g/mol. The number of allylic oxidation sites excluding steroid dienone is 2. The van der Waals surface area contributed by atoms with Crippen molar-refractivity contribution in [3.8, 4) is 0 Å². The van der Waals surface area contributed by atoms with E-state index in [0.717, 1.165) is 11.8 Å². The van der Waals surface area contributed by atoms with Crippen LogP contribution in [-0.2, 0) is 0 Å². The first-order chi connectivity index (χ1) is 3.86. The molecule has 0 aromatic carbocycles. The van der Waals surface area contributed by atoms with Gasteiger partial charge in [-0.15, -0.1) is 12.4 Å². The van der Waals surface area contributed by atoms with Crippen LogP contribution >= 0.6 is 12.4 Å². The maximum atomic E-state index is 5.68. The Morgan fingerprint density at radius 3 is 2.44 bits per heavy atom. The van der Waals surface area contributed by atoms with E-state index < -0.39 is 0 Å². The smallest absolute Gasteiger partial charge is 0.00745 e. The Kier molecular flexibility index (Phi) is 1.71. The Morgan fingerprint density at radius 1 is 1.44 bits per heavy atom. The third kappa shape index (κ3) is 0.940. The van der Waals surface area contributed by atoms with Gasteiger partial charge in [0.05, 0.1) is 0 Å². The quantitative estimate of drug-likeness (QED) is 0.552. The van der Waals surface area contributed by atoms with Crippen LogP contribution in [0.4, 0.5) is 0 Å². The standard InChI is InChI=1S/C7H11N.ClH/c8-7-4-5-1-2-6(7)3-5;/h4-6H,1-3,8H2;1H. The summed E-state index contributed by atoms with van der Waals surface area (Å²) in [4.78, 5) is 0. The normalized spacial score (nSPS) is 38.0. The summed E-state index contributed by atoms with van der Waals surface area (Å²) in [6.45, 7) is 0. The summed E-state index contributed by atoms with van der Waals surface area (Å²) in [5.41, 5.74) is 6.85. The summed E-state index contributed by atoms with van der Waals surface area (Å²) in [6, 6.07) is 0. The SMILES string of the molecule is Cl.NC1=CC2CCC1C2. The van der Waals surface area contributed by atoms with Gasteiger partial charge in [-0.2, -0.15) is 0 Å². The van der Waals surface area contributed by atoms with Crippen molar-refractivity contribution >= 4 is 12.4 Å². The maximum Gasteiger partial charge on any atom is 0.00745 e. The fraction of sp³-hybridized carbons (Fsp3) is 0.714. The molecule has 2 N–H and O–H groups in total. The molecule has 2 unspecified atom stereocenters. The van der Waals surface area contributed by atoms with Crippen LogP contribution in [0.2, 0.25) is 0 Å². The summed E-state index contributed by atoms with van der Waals surface area (Å²) in [6.07, 6.45) is 6.35. The van der Waals surface area contributed by atoms with Crippen molar-refractivity contribution in [2.75, 3.05) is 0 Å². The molecule has 2 heteroatoms. The molecule has 0 aromatic heterocycles. The van der Waals surface area contributed by atoms with Gasteiger partial charge in [0, 0.05) is 5.70 Å². The highest BCUT2D eigenvalue weighted by molar-refractivity contribution is 5.85. The highest BCUT2D eigenvalue weighted by Crippen LogP contribution is 2.41. The largest absolute Gasteiger partial charge is 0.402 e. The van der Waals surface area contributed by atoms with Gasteiger partial charge in [0.25, 0.3) is 0 Å². The minimum atomic E-state index is 0. The van der Waals surface area contributed by atoms with Gasteiger partial charge in [0.2, 0.25) is 0 Å². The molecule has 1 saturated carbocycles. The molecule has 0 aliphatic heterocycles. The van der Waals surface area contributed by atoms with E-state index in [-0.39, 0.29) is 12.4 Å². The Bertz CT molecular complexity index is 142. The zero-order valence-corrected chi connectivity index (χ0v) is 6.16. The molecule has 2 bridgehead atoms. The maximum absolute atomic E-state index is 5.68. The summed E-state index contributed by atoms with van der Waals surface area (Å²) >= 11 is 0. The Hall–Kier alpha value is -0.170. The van der Waals surface area contributed by atoms with Gasteiger partial charge >= 0.3 is 0 Å². The second-order valence-electron chi connectivity index (χ2n) is 2.94. The summed E-state index contributed by atoms with van der Waals surface area (Å²) in [5.74, 6) is 1.64. The first kappa shape index (κ1) is 6.94. The molecule has 9 heavy (non-hydrogen) atoms. The van der Waals surface area contributed by atoms with Crippen LogP contribution < -0.4 is 5.73 Å². The molecule has 1 nitrogen and oxygen atoms in total. The van der Waals surface area contributed by atoms with Crippen molar-refractivity contribution in [2.24, 2.45) is 17.6 Å². The third-order valence-electron chi connectivity index (χ3n) is 2.37.